The summed E-state index contributed by atoms with van der Waals surface area (Å²) < 4.78 is 29.9. The maximum atomic E-state index is 13.1. The molecule has 0 aliphatic heterocycles. The molecule has 29 heavy (non-hydrogen) atoms. The minimum absolute atomic E-state index is 0.0380. The highest BCUT2D eigenvalue weighted by Gasteiger charge is 2.26. The van der Waals surface area contributed by atoms with E-state index in [1.54, 1.807) is 18.2 Å². The summed E-state index contributed by atoms with van der Waals surface area (Å²) in [7, 11) is -3.84. The lowest BCUT2D eigenvalue weighted by Gasteiger charge is -2.22. The molecule has 146 valence electrons. The van der Waals surface area contributed by atoms with Gasteiger partial charge in [-0.1, -0.05) is 76.6 Å². The van der Waals surface area contributed by atoms with Crippen LogP contribution in [0.3, 0.4) is 0 Å². The number of hydrogen-bond donors (Lipinski definition) is 2. The third-order valence-electron chi connectivity index (χ3n) is 4.77. The zero-order valence-corrected chi connectivity index (χ0v) is 17.7. The lowest BCUT2D eigenvalue weighted by Crippen LogP contribution is -2.29. The van der Waals surface area contributed by atoms with Crippen molar-refractivity contribution in [2.24, 2.45) is 0 Å². The fraction of sp³-hybridized carbons (Fsp3) is 0.0435. The summed E-state index contributed by atoms with van der Waals surface area (Å²) in [4.78, 5) is 0.154. The van der Waals surface area contributed by atoms with Gasteiger partial charge in [0.1, 0.15) is 5.75 Å². The van der Waals surface area contributed by atoms with Crippen LogP contribution in [0.4, 0.5) is 0 Å². The second kappa shape index (κ2) is 7.99. The van der Waals surface area contributed by atoms with Crippen molar-refractivity contribution in [2.45, 2.75) is 10.9 Å². The van der Waals surface area contributed by atoms with Crippen LogP contribution >= 0.6 is 15.9 Å². The van der Waals surface area contributed by atoms with Crippen molar-refractivity contribution in [1.82, 2.24) is 4.72 Å². The lowest BCUT2D eigenvalue weighted by molar-refractivity contribution is 0.464. The number of nitrogens with one attached hydrogen (secondary N) is 1. The Hall–Kier alpha value is -2.67. The van der Waals surface area contributed by atoms with E-state index in [1.807, 2.05) is 60.7 Å². The summed E-state index contributed by atoms with van der Waals surface area (Å²) >= 11 is 3.32. The summed E-state index contributed by atoms with van der Waals surface area (Å²) in [5, 5.41) is 12.4. The summed E-state index contributed by atoms with van der Waals surface area (Å²) in [5.74, 6) is 0.0380. The van der Waals surface area contributed by atoms with E-state index in [0.717, 1.165) is 20.8 Å². The minimum atomic E-state index is -3.84. The first-order valence-electron chi connectivity index (χ1n) is 8.99. The summed E-state index contributed by atoms with van der Waals surface area (Å²) in [6, 6.07) is 26.0. The Morgan fingerprint density at radius 1 is 0.793 bits per heavy atom. The number of phenols is 1. The average Bonchev–Trinajstić information content (AvgIpc) is 2.73. The maximum absolute atomic E-state index is 13.1. The second-order valence-electron chi connectivity index (χ2n) is 6.64. The number of fused-ring (bicyclic) bond motifs is 1. The smallest absolute Gasteiger partial charge is 0.241 e. The van der Waals surface area contributed by atoms with Gasteiger partial charge in [-0.15, -0.1) is 0 Å². The second-order valence-corrected chi connectivity index (χ2v) is 9.27. The first-order chi connectivity index (χ1) is 14.0. The van der Waals surface area contributed by atoms with Crippen LogP contribution in [-0.4, -0.2) is 13.5 Å². The van der Waals surface area contributed by atoms with Gasteiger partial charge in [-0.3, -0.25) is 0 Å². The van der Waals surface area contributed by atoms with E-state index < -0.39 is 16.1 Å². The van der Waals surface area contributed by atoms with Crippen molar-refractivity contribution in [2.75, 3.05) is 0 Å². The molecule has 0 saturated heterocycles. The van der Waals surface area contributed by atoms with Gasteiger partial charge in [0.2, 0.25) is 10.0 Å². The number of halogens is 1. The van der Waals surface area contributed by atoms with Crippen LogP contribution < -0.4 is 4.72 Å². The molecule has 0 aliphatic carbocycles. The zero-order chi connectivity index (χ0) is 20.4. The number of aromatic hydroxyl groups is 1. The number of sulfonamides is 1. The van der Waals surface area contributed by atoms with Gasteiger partial charge in [0, 0.05) is 10.0 Å². The van der Waals surface area contributed by atoms with Gasteiger partial charge in [0.25, 0.3) is 0 Å². The van der Waals surface area contributed by atoms with Crippen LogP contribution in [0.1, 0.15) is 17.2 Å². The molecule has 0 fully saturated rings. The van der Waals surface area contributed by atoms with Crippen LogP contribution in [0.2, 0.25) is 0 Å². The van der Waals surface area contributed by atoms with Gasteiger partial charge in [-0.05, 0) is 46.7 Å². The Kier molecular flexibility index (Phi) is 5.41. The lowest BCUT2D eigenvalue weighted by atomic mass is 9.93. The zero-order valence-electron chi connectivity index (χ0n) is 15.3. The van der Waals surface area contributed by atoms with Gasteiger partial charge in [-0.25, -0.2) is 8.42 Å². The van der Waals surface area contributed by atoms with E-state index in [-0.39, 0.29) is 10.6 Å². The van der Waals surface area contributed by atoms with Crippen LogP contribution in [0.15, 0.2) is 100 Å². The topological polar surface area (TPSA) is 66.4 Å². The molecule has 4 rings (SSSR count). The molecule has 4 aromatic carbocycles. The van der Waals surface area contributed by atoms with Crippen LogP contribution in [-0.2, 0) is 10.0 Å². The molecular weight excluding hydrogens is 450 g/mol. The van der Waals surface area contributed by atoms with Crippen molar-refractivity contribution in [3.05, 3.63) is 107 Å². The van der Waals surface area contributed by atoms with Crippen molar-refractivity contribution < 1.29 is 13.5 Å². The van der Waals surface area contributed by atoms with E-state index in [4.69, 9.17) is 0 Å². The Morgan fingerprint density at radius 2 is 1.45 bits per heavy atom. The van der Waals surface area contributed by atoms with Crippen LogP contribution in [0, 0.1) is 0 Å². The average molecular weight is 468 g/mol. The Bertz CT molecular complexity index is 1260. The Labute approximate surface area is 178 Å². The molecule has 6 heteroatoms. The molecule has 0 amide bonds. The molecule has 1 atom stereocenters. The van der Waals surface area contributed by atoms with Gasteiger partial charge in [0.15, 0.2) is 0 Å². The van der Waals surface area contributed by atoms with E-state index in [0.29, 0.717) is 5.56 Å². The predicted octanol–water partition coefficient (Wildman–Crippen LogP) is 5.38. The Balaban J connectivity index is 1.89. The molecule has 4 aromatic rings. The summed E-state index contributed by atoms with van der Waals surface area (Å²) in [5.41, 5.74) is 1.26. The van der Waals surface area contributed by atoms with E-state index >= 15 is 0 Å². The number of phenolic OH excluding ortho intramolecular Hbond substituents is 1. The van der Waals surface area contributed by atoms with Crippen LogP contribution in [0.25, 0.3) is 10.8 Å². The fourth-order valence-electron chi connectivity index (χ4n) is 3.36. The fourth-order valence-corrected chi connectivity index (χ4v) is 4.82. The maximum Gasteiger partial charge on any atom is 0.241 e. The van der Waals surface area contributed by atoms with Crippen LogP contribution in [0.5, 0.6) is 5.75 Å². The molecule has 0 heterocycles. The number of rotatable bonds is 5. The molecule has 0 aliphatic rings. The molecular formula is C23H18BrNO3S. The molecule has 2 N–H and O–H groups in total. The molecule has 4 nitrogen and oxygen atoms in total. The quantitative estimate of drug-likeness (QED) is 0.414. The Morgan fingerprint density at radius 3 is 2.17 bits per heavy atom. The van der Waals surface area contributed by atoms with Gasteiger partial charge in [0.05, 0.1) is 10.9 Å². The van der Waals surface area contributed by atoms with Crippen molar-refractivity contribution in [3.63, 3.8) is 0 Å². The molecule has 0 spiro atoms. The molecule has 0 radical (unpaired) electrons. The monoisotopic (exact) mass is 467 g/mol. The highest BCUT2D eigenvalue weighted by Crippen LogP contribution is 2.36. The van der Waals surface area contributed by atoms with E-state index in [1.165, 1.54) is 12.1 Å². The minimum Gasteiger partial charge on any atom is -0.508 e. The van der Waals surface area contributed by atoms with Crippen molar-refractivity contribution in [3.8, 4) is 5.75 Å². The molecule has 1 unspecified atom stereocenters. The summed E-state index contributed by atoms with van der Waals surface area (Å²) in [6.45, 7) is 0. The normalized spacial score (nSPS) is 12.7. The molecule has 0 saturated carbocycles. The standard InChI is InChI=1S/C23H18BrNO3S/c24-18-11-13-19(14-12-18)29(27,28)25-23(17-7-2-1-3-8-17)22-20-9-5-4-6-16(20)10-15-21(22)26/h1-15,23,25-26H. The summed E-state index contributed by atoms with van der Waals surface area (Å²) in [6.07, 6.45) is 0. The number of hydrogen-bond acceptors (Lipinski definition) is 3. The predicted molar refractivity (Wildman–Crippen MR) is 118 cm³/mol. The largest absolute Gasteiger partial charge is 0.508 e. The van der Waals surface area contributed by atoms with Gasteiger partial charge < -0.3 is 5.11 Å². The molecule has 0 bridgehead atoms. The number of benzene rings is 4. The SMILES string of the molecule is O=S(=O)(NC(c1ccccc1)c1c(O)ccc2ccccc12)c1ccc(Br)cc1. The van der Waals surface area contributed by atoms with Crippen molar-refractivity contribution >= 4 is 36.7 Å². The highest BCUT2D eigenvalue weighted by atomic mass is 79.9. The van der Waals surface area contributed by atoms with Crippen molar-refractivity contribution in [1.29, 1.82) is 0 Å². The third-order valence-corrected chi connectivity index (χ3v) is 6.73. The van der Waals surface area contributed by atoms with E-state index in [2.05, 4.69) is 20.7 Å². The molecule has 0 aromatic heterocycles. The first kappa shape index (κ1) is 19.6. The highest BCUT2D eigenvalue weighted by molar-refractivity contribution is 9.10. The van der Waals surface area contributed by atoms with Gasteiger partial charge >= 0.3 is 0 Å². The third kappa shape index (κ3) is 4.05. The van der Waals surface area contributed by atoms with Gasteiger partial charge in [-0.2, -0.15) is 4.72 Å². The first-order valence-corrected chi connectivity index (χ1v) is 11.3. The van der Waals surface area contributed by atoms with E-state index in [9.17, 15) is 13.5 Å².